The maximum atomic E-state index is 9.33. The van der Waals surface area contributed by atoms with Crippen LogP contribution in [0.2, 0.25) is 5.15 Å². The third-order valence-corrected chi connectivity index (χ3v) is 4.81. The first kappa shape index (κ1) is 14.0. The molecule has 1 aromatic heterocycles. The minimum atomic E-state index is 0.273. The van der Waals surface area contributed by atoms with E-state index in [1.165, 1.54) is 11.5 Å². The van der Waals surface area contributed by atoms with E-state index in [4.69, 9.17) is 16.9 Å². The highest BCUT2D eigenvalue weighted by Crippen LogP contribution is 2.32. The Morgan fingerprint density at radius 2 is 1.76 bits per heavy atom. The molecule has 0 unspecified atom stereocenters. The van der Waals surface area contributed by atoms with Gasteiger partial charge in [-0.1, -0.05) is 11.6 Å². The number of aromatic nitrogens is 1. The fraction of sp³-hybridized carbons (Fsp3) is 0.286. The molecule has 1 fully saturated rings. The van der Waals surface area contributed by atoms with Crippen LogP contribution in [0.15, 0.2) is 24.3 Å². The molecule has 0 atom stereocenters. The second kappa shape index (κ2) is 5.80. The van der Waals surface area contributed by atoms with Crippen LogP contribution in [-0.4, -0.2) is 35.7 Å². The lowest BCUT2D eigenvalue weighted by Crippen LogP contribution is -2.46. The van der Waals surface area contributed by atoms with Crippen LogP contribution in [0.25, 0.3) is 0 Å². The first-order valence-electron chi connectivity index (χ1n) is 6.53. The average molecular weight is 321 g/mol. The fourth-order valence-corrected chi connectivity index (χ4v) is 3.48. The zero-order valence-electron chi connectivity index (χ0n) is 11.2. The van der Waals surface area contributed by atoms with Crippen molar-refractivity contribution in [1.29, 1.82) is 5.26 Å². The molecule has 0 saturated carbocycles. The topological polar surface area (TPSA) is 63.4 Å². The summed E-state index contributed by atoms with van der Waals surface area (Å²) in [4.78, 5) is 4.41. The minimum Gasteiger partial charge on any atom is -0.508 e. The fourth-order valence-electron chi connectivity index (χ4n) is 2.40. The molecule has 7 heteroatoms. The summed E-state index contributed by atoms with van der Waals surface area (Å²) < 4.78 is 4.05. The maximum absolute atomic E-state index is 9.33. The predicted octanol–water partition coefficient (Wildman–Crippen LogP) is 2.70. The van der Waals surface area contributed by atoms with E-state index in [1.54, 1.807) is 12.1 Å². The van der Waals surface area contributed by atoms with Crippen LogP contribution in [-0.2, 0) is 0 Å². The Morgan fingerprint density at radius 3 is 2.38 bits per heavy atom. The van der Waals surface area contributed by atoms with Gasteiger partial charge in [-0.25, -0.2) is 0 Å². The van der Waals surface area contributed by atoms with E-state index in [0.717, 1.165) is 36.9 Å². The van der Waals surface area contributed by atoms with Crippen LogP contribution in [0.4, 0.5) is 10.7 Å². The van der Waals surface area contributed by atoms with Crippen molar-refractivity contribution in [3.8, 4) is 11.8 Å². The third kappa shape index (κ3) is 2.75. The molecule has 1 N–H and O–H groups in total. The van der Waals surface area contributed by atoms with Crippen molar-refractivity contribution in [1.82, 2.24) is 4.37 Å². The molecular formula is C14H13ClN4OS. The molecule has 1 aliphatic rings. The number of nitriles is 1. The standard InChI is InChI=1S/C14H13ClN4OS/c15-13-12(9-16)14(21-17-13)19-7-5-18(6-8-19)10-1-3-11(20)4-2-10/h1-4,20H,5-8H2. The molecule has 0 spiro atoms. The highest BCUT2D eigenvalue weighted by atomic mass is 35.5. The van der Waals surface area contributed by atoms with Gasteiger partial charge < -0.3 is 14.9 Å². The van der Waals surface area contributed by atoms with E-state index < -0.39 is 0 Å². The van der Waals surface area contributed by atoms with Crippen molar-refractivity contribution < 1.29 is 5.11 Å². The van der Waals surface area contributed by atoms with Gasteiger partial charge in [-0.3, -0.25) is 0 Å². The molecule has 1 aliphatic heterocycles. The number of benzene rings is 1. The Morgan fingerprint density at radius 1 is 1.14 bits per heavy atom. The average Bonchev–Trinajstić information content (AvgIpc) is 2.89. The van der Waals surface area contributed by atoms with Gasteiger partial charge in [0.1, 0.15) is 22.4 Å². The van der Waals surface area contributed by atoms with Crippen LogP contribution in [0.1, 0.15) is 5.56 Å². The zero-order valence-corrected chi connectivity index (χ0v) is 12.7. The summed E-state index contributed by atoms with van der Waals surface area (Å²) in [6.45, 7) is 3.33. The highest BCUT2D eigenvalue weighted by molar-refractivity contribution is 7.10. The normalized spacial score (nSPS) is 15.0. The zero-order chi connectivity index (χ0) is 14.8. The molecule has 1 saturated heterocycles. The highest BCUT2D eigenvalue weighted by Gasteiger charge is 2.23. The molecule has 2 aromatic rings. The van der Waals surface area contributed by atoms with Gasteiger partial charge in [0.25, 0.3) is 0 Å². The van der Waals surface area contributed by atoms with Crippen molar-refractivity contribution >= 4 is 33.8 Å². The summed E-state index contributed by atoms with van der Waals surface area (Å²) >= 11 is 7.20. The van der Waals surface area contributed by atoms with Crippen molar-refractivity contribution in [2.45, 2.75) is 0 Å². The summed E-state index contributed by atoms with van der Waals surface area (Å²) in [5.41, 5.74) is 1.56. The van der Waals surface area contributed by atoms with Crippen LogP contribution < -0.4 is 9.80 Å². The summed E-state index contributed by atoms with van der Waals surface area (Å²) in [5, 5.41) is 19.6. The van der Waals surface area contributed by atoms with Crippen LogP contribution in [0.3, 0.4) is 0 Å². The number of rotatable bonds is 2. The van der Waals surface area contributed by atoms with Gasteiger partial charge in [0, 0.05) is 31.9 Å². The number of anilines is 2. The first-order chi connectivity index (χ1) is 10.2. The monoisotopic (exact) mass is 320 g/mol. The van der Waals surface area contributed by atoms with Crippen molar-refractivity contribution in [2.75, 3.05) is 36.0 Å². The van der Waals surface area contributed by atoms with Gasteiger partial charge >= 0.3 is 0 Å². The molecule has 0 amide bonds. The lowest BCUT2D eigenvalue weighted by atomic mass is 10.2. The van der Waals surface area contributed by atoms with Crippen molar-refractivity contribution in [3.05, 3.63) is 35.0 Å². The molecule has 0 radical (unpaired) electrons. The van der Waals surface area contributed by atoms with E-state index in [2.05, 4.69) is 20.2 Å². The number of hydrogen-bond donors (Lipinski definition) is 1. The van der Waals surface area contributed by atoms with Gasteiger partial charge in [-0.2, -0.15) is 9.64 Å². The van der Waals surface area contributed by atoms with Gasteiger partial charge in [0.05, 0.1) is 0 Å². The summed E-state index contributed by atoms with van der Waals surface area (Å²) in [5.74, 6) is 0.273. The smallest absolute Gasteiger partial charge is 0.162 e. The summed E-state index contributed by atoms with van der Waals surface area (Å²) in [6, 6.07) is 9.33. The van der Waals surface area contributed by atoms with E-state index in [1.807, 2.05) is 12.1 Å². The molecule has 108 valence electrons. The SMILES string of the molecule is N#Cc1c(Cl)nsc1N1CCN(c2ccc(O)cc2)CC1. The van der Waals surface area contributed by atoms with Crippen LogP contribution >= 0.6 is 23.1 Å². The number of piperazine rings is 1. The number of hydrogen-bond acceptors (Lipinski definition) is 6. The van der Waals surface area contributed by atoms with Gasteiger partial charge in [-0.15, -0.1) is 0 Å². The van der Waals surface area contributed by atoms with E-state index >= 15 is 0 Å². The molecule has 1 aromatic carbocycles. The molecule has 0 aliphatic carbocycles. The van der Waals surface area contributed by atoms with E-state index in [-0.39, 0.29) is 5.75 Å². The second-order valence-electron chi connectivity index (χ2n) is 4.76. The Hall–Kier alpha value is -1.97. The number of phenols is 1. The maximum Gasteiger partial charge on any atom is 0.162 e. The Balaban J connectivity index is 1.70. The van der Waals surface area contributed by atoms with Gasteiger partial charge in [0.15, 0.2) is 5.15 Å². The number of halogens is 1. The number of phenolic OH excluding ortho intramolecular Hbond substituents is 1. The van der Waals surface area contributed by atoms with Gasteiger partial charge in [-0.05, 0) is 35.8 Å². The first-order valence-corrected chi connectivity index (χ1v) is 7.68. The molecule has 21 heavy (non-hydrogen) atoms. The molecule has 3 rings (SSSR count). The Labute approximate surface area is 131 Å². The second-order valence-corrected chi connectivity index (χ2v) is 5.87. The summed E-state index contributed by atoms with van der Waals surface area (Å²) in [6.07, 6.45) is 0. The lowest BCUT2D eigenvalue weighted by molar-refractivity contribution is 0.475. The predicted molar refractivity (Wildman–Crippen MR) is 84.4 cm³/mol. The van der Waals surface area contributed by atoms with Crippen LogP contribution in [0, 0.1) is 11.3 Å². The Bertz CT molecular complexity index is 671. The molecule has 5 nitrogen and oxygen atoms in total. The van der Waals surface area contributed by atoms with E-state index in [9.17, 15) is 5.11 Å². The molecular weight excluding hydrogens is 308 g/mol. The summed E-state index contributed by atoms with van der Waals surface area (Å²) in [7, 11) is 0. The van der Waals surface area contributed by atoms with Gasteiger partial charge in [0.2, 0.25) is 0 Å². The van der Waals surface area contributed by atoms with E-state index in [0.29, 0.717) is 10.7 Å². The largest absolute Gasteiger partial charge is 0.508 e. The third-order valence-electron chi connectivity index (χ3n) is 3.53. The molecule has 2 heterocycles. The Kier molecular flexibility index (Phi) is 3.86. The van der Waals surface area contributed by atoms with Crippen molar-refractivity contribution in [2.24, 2.45) is 0 Å². The van der Waals surface area contributed by atoms with Crippen molar-refractivity contribution in [3.63, 3.8) is 0 Å². The molecule has 0 bridgehead atoms. The number of nitrogens with zero attached hydrogens (tertiary/aromatic N) is 4. The lowest BCUT2D eigenvalue weighted by Gasteiger charge is -2.36. The number of aromatic hydroxyl groups is 1. The van der Waals surface area contributed by atoms with Crippen LogP contribution in [0.5, 0.6) is 5.75 Å². The quantitative estimate of drug-likeness (QED) is 0.921. The minimum absolute atomic E-state index is 0.273.